The Bertz CT molecular complexity index is 648. The number of rotatable bonds is 2. The van der Waals surface area contributed by atoms with E-state index in [2.05, 4.69) is 25.4 Å². The first-order chi connectivity index (χ1) is 10.6. The average molecular weight is 322 g/mol. The molecule has 0 fully saturated rings. The van der Waals surface area contributed by atoms with Gasteiger partial charge in [-0.25, -0.2) is 9.97 Å². The third-order valence-corrected chi connectivity index (χ3v) is 2.32. The van der Waals surface area contributed by atoms with E-state index in [0.29, 0.717) is 5.69 Å². The highest BCUT2D eigenvalue weighted by Crippen LogP contribution is 2.05. The Morgan fingerprint density at radius 3 is 2.00 bits per heavy atom. The predicted molar refractivity (Wildman–Crippen MR) is 80.0 cm³/mol. The SMILES string of the molecule is O=S(=O)(O)Nc1ccccc1.c1c[nH]nn1.c1cncnc1. The van der Waals surface area contributed by atoms with Gasteiger partial charge < -0.3 is 0 Å². The summed E-state index contributed by atoms with van der Waals surface area (Å²) < 4.78 is 30.7. The first-order valence-electron chi connectivity index (χ1n) is 5.88. The zero-order valence-electron chi connectivity index (χ0n) is 11.3. The lowest BCUT2D eigenvalue weighted by Crippen LogP contribution is -2.09. The number of hydrogen-bond acceptors (Lipinski definition) is 6. The molecule has 0 saturated heterocycles. The molecule has 0 saturated carbocycles. The van der Waals surface area contributed by atoms with Gasteiger partial charge in [0.25, 0.3) is 0 Å². The van der Waals surface area contributed by atoms with Crippen LogP contribution in [0.3, 0.4) is 0 Å². The van der Waals surface area contributed by atoms with E-state index in [-0.39, 0.29) is 0 Å². The van der Waals surface area contributed by atoms with Gasteiger partial charge in [-0.1, -0.05) is 23.4 Å². The summed E-state index contributed by atoms with van der Waals surface area (Å²) in [5, 5.41) is 9.26. The van der Waals surface area contributed by atoms with Gasteiger partial charge in [0.15, 0.2) is 0 Å². The zero-order valence-corrected chi connectivity index (χ0v) is 12.1. The molecular formula is C12H14N6O3S. The van der Waals surface area contributed by atoms with Crippen molar-refractivity contribution in [3.8, 4) is 0 Å². The summed E-state index contributed by atoms with van der Waals surface area (Å²) in [5.41, 5.74) is 0.343. The normalized spacial score (nSPS) is 9.50. The highest BCUT2D eigenvalue weighted by atomic mass is 32.2. The van der Waals surface area contributed by atoms with Crippen LogP contribution in [0.2, 0.25) is 0 Å². The molecule has 3 N–H and O–H groups in total. The Balaban J connectivity index is 0.000000184. The maximum atomic E-state index is 10.2. The molecule has 3 rings (SSSR count). The fourth-order valence-electron chi connectivity index (χ4n) is 1.08. The monoisotopic (exact) mass is 322 g/mol. The summed E-state index contributed by atoms with van der Waals surface area (Å²) in [6.45, 7) is 0. The molecule has 116 valence electrons. The second kappa shape index (κ2) is 9.96. The lowest BCUT2D eigenvalue weighted by Gasteiger charge is -1.99. The van der Waals surface area contributed by atoms with E-state index in [0.717, 1.165) is 0 Å². The largest absolute Gasteiger partial charge is 0.357 e. The van der Waals surface area contributed by atoms with Crippen LogP contribution in [-0.4, -0.2) is 38.3 Å². The van der Waals surface area contributed by atoms with Crippen LogP contribution in [0.25, 0.3) is 0 Å². The van der Waals surface area contributed by atoms with Gasteiger partial charge in [0.05, 0.1) is 11.9 Å². The van der Waals surface area contributed by atoms with Crippen molar-refractivity contribution >= 4 is 16.0 Å². The second-order valence-corrected chi connectivity index (χ2v) is 4.66. The number of aromatic nitrogens is 5. The van der Waals surface area contributed by atoms with Crippen molar-refractivity contribution in [1.29, 1.82) is 0 Å². The molecule has 22 heavy (non-hydrogen) atoms. The van der Waals surface area contributed by atoms with Gasteiger partial charge in [0.1, 0.15) is 6.33 Å². The highest BCUT2D eigenvalue weighted by molar-refractivity contribution is 7.87. The van der Waals surface area contributed by atoms with Crippen LogP contribution < -0.4 is 4.72 Å². The molecule has 10 heteroatoms. The number of H-pyrrole nitrogens is 1. The maximum absolute atomic E-state index is 10.2. The van der Waals surface area contributed by atoms with Crippen LogP contribution >= 0.6 is 0 Å². The summed E-state index contributed by atoms with van der Waals surface area (Å²) in [6.07, 6.45) is 8.11. The van der Waals surface area contributed by atoms with Gasteiger partial charge >= 0.3 is 10.3 Å². The minimum atomic E-state index is -4.13. The fourth-order valence-corrected chi connectivity index (χ4v) is 1.51. The van der Waals surface area contributed by atoms with Crippen molar-refractivity contribution in [2.24, 2.45) is 0 Å². The molecule has 3 aromatic rings. The maximum Gasteiger partial charge on any atom is 0.357 e. The van der Waals surface area contributed by atoms with Crippen molar-refractivity contribution in [2.45, 2.75) is 0 Å². The summed E-state index contributed by atoms with van der Waals surface area (Å²) in [4.78, 5) is 7.35. The van der Waals surface area contributed by atoms with Crippen molar-refractivity contribution in [3.63, 3.8) is 0 Å². The smallest absolute Gasteiger partial charge is 0.269 e. The van der Waals surface area contributed by atoms with Crippen molar-refractivity contribution in [1.82, 2.24) is 25.4 Å². The third kappa shape index (κ3) is 10.00. The minimum absolute atomic E-state index is 0.343. The first-order valence-corrected chi connectivity index (χ1v) is 7.32. The van der Waals surface area contributed by atoms with Crippen LogP contribution in [0.1, 0.15) is 0 Å². The van der Waals surface area contributed by atoms with Crippen LogP contribution in [0.4, 0.5) is 5.69 Å². The number of hydrogen-bond donors (Lipinski definition) is 3. The van der Waals surface area contributed by atoms with Crippen molar-refractivity contribution in [3.05, 3.63) is 67.5 Å². The Morgan fingerprint density at radius 1 is 1.00 bits per heavy atom. The summed E-state index contributed by atoms with van der Waals surface area (Å²) in [5.74, 6) is 0. The molecule has 0 bridgehead atoms. The molecule has 2 heterocycles. The van der Waals surface area contributed by atoms with Crippen LogP contribution in [0, 0.1) is 0 Å². The van der Waals surface area contributed by atoms with E-state index >= 15 is 0 Å². The summed E-state index contributed by atoms with van der Waals surface area (Å²) >= 11 is 0. The molecule has 0 spiro atoms. The van der Waals surface area contributed by atoms with Gasteiger partial charge in [-0.3, -0.25) is 14.4 Å². The zero-order chi connectivity index (χ0) is 16.1. The second-order valence-electron chi connectivity index (χ2n) is 3.51. The molecule has 0 amide bonds. The Morgan fingerprint density at radius 2 is 1.68 bits per heavy atom. The Kier molecular flexibility index (Phi) is 7.79. The predicted octanol–water partition coefficient (Wildman–Crippen LogP) is 1.18. The molecule has 1 aromatic carbocycles. The van der Waals surface area contributed by atoms with Gasteiger partial charge in [-0.15, -0.1) is 5.10 Å². The van der Waals surface area contributed by atoms with E-state index in [1.54, 1.807) is 49.1 Å². The minimum Gasteiger partial charge on any atom is -0.269 e. The average Bonchev–Trinajstić information content (AvgIpc) is 3.08. The molecular weight excluding hydrogens is 308 g/mol. The topological polar surface area (TPSA) is 134 Å². The molecule has 0 aliphatic rings. The fraction of sp³-hybridized carbons (Fsp3) is 0. The van der Waals surface area contributed by atoms with Crippen LogP contribution in [0.5, 0.6) is 0 Å². The lowest BCUT2D eigenvalue weighted by molar-refractivity contribution is 0.489. The molecule has 9 nitrogen and oxygen atoms in total. The number of benzene rings is 1. The summed E-state index contributed by atoms with van der Waals surface area (Å²) in [6, 6.07) is 9.91. The van der Waals surface area contributed by atoms with E-state index in [4.69, 9.17) is 4.55 Å². The van der Waals surface area contributed by atoms with Crippen LogP contribution in [-0.2, 0) is 10.3 Å². The number of anilines is 1. The van der Waals surface area contributed by atoms with E-state index < -0.39 is 10.3 Å². The number of nitrogens with one attached hydrogen (secondary N) is 2. The number of para-hydroxylation sites is 1. The van der Waals surface area contributed by atoms with E-state index in [9.17, 15) is 8.42 Å². The van der Waals surface area contributed by atoms with E-state index in [1.165, 1.54) is 18.5 Å². The quantitative estimate of drug-likeness (QED) is 0.603. The third-order valence-electron chi connectivity index (χ3n) is 1.83. The number of aromatic amines is 1. The first kappa shape index (κ1) is 17.2. The molecule has 2 aromatic heterocycles. The van der Waals surface area contributed by atoms with Crippen molar-refractivity contribution in [2.75, 3.05) is 4.72 Å². The molecule has 0 radical (unpaired) electrons. The van der Waals surface area contributed by atoms with Crippen LogP contribution in [0.15, 0.2) is 67.5 Å². The van der Waals surface area contributed by atoms with Gasteiger partial charge in [-0.2, -0.15) is 8.42 Å². The summed E-state index contributed by atoms with van der Waals surface area (Å²) in [7, 11) is -4.13. The highest BCUT2D eigenvalue weighted by Gasteiger charge is 2.00. The molecule has 0 unspecified atom stereocenters. The number of nitrogens with zero attached hydrogens (tertiary/aromatic N) is 4. The van der Waals surface area contributed by atoms with Gasteiger partial charge in [-0.05, 0) is 18.2 Å². The molecule has 0 atom stereocenters. The molecule has 0 aliphatic heterocycles. The van der Waals surface area contributed by atoms with Gasteiger partial charge in [0.2, 0.25) is 0 Å². The standard InChI is InChI=1S/C6H7NO3S.C4H4N2.C2H3N3/c8-11(9,10)7-6-4-2-1-3-5-6;1-2-5-4-6-3-1;1-2-4-5-3-1/h1-5,7H,(H,8,9,10);1-4H;1-2H,(H,3,4,5). The van der Waals surface area contributed by atoms with E-state index in [1.807, 2.05) is 4.72 Å². The van der Waals surface area contributed by atoms with Crippen molar-refractivity contribution < 1.29 is 13.0 Å². The molecule has 0 aliphatic carbocycles. The lowest BCUT2D eigenvalue weighted by atomic mass is 10.3. The van der Waals surface area contributed by atoms with Gasteiger partial charge in [0, 0.05) is 18.6 Å². The Labute approximate surface area is 127 Å². The Hall–Kier alpha value is -2.85.